The minimum absolute atomic E-state index is 0.232. The molecule has 1 aliphatic rings. The summed E-state index contributed by atoms with van der Waals surface area (Å²) in [6, 6.07) is 22.1. The molecule has 22 heavy (non-hydrogen) atoms. The molecule has 1 heterocycles. The Bertz CT molecular complexity index is 548. The van der Waals surface area contributed by atoms with Crippen molar-refractivity contribution in [1.29, 1.82) is 0 Å². The number of likely N-dealkylation sites (N-methyl/N-ethyl adjacent to an activating group) is 1. The molecule has 0 aliphatic carbocycles. The van der Waals surface area contributed by atoms with E-state index in [1.807, 2.05) is 0 Å². The maximum Gasteiger partial charge on any atom is 0.0410 e. The average Bonchev–Trinajstić information content (AvgIpc) is 2.48. The lowest BCUT2D eigenvalue weighted by atomic mass is 9.83. The first-order valence-corrected chi connectivity index (χ1v) is 8.13. The molecule has 2 heteroatoms. The van der Waals surface area contributed by atoms with Gasteiger partial charge in [0, 0.05) is 30.6 Å². The van der Waals surface area contributed by atoms with Gasteiger partial charge in [0.25, 0.3) is 0 Å². The Hall–Kier alpha value is -1.64. The third-order valence-electron chi connectivity index (χ3n) is 4.63. The van der Waals surface area contributed by atoms with Crippen LogP contribution < -0.4 is 5.32 Å². The molecule has 0 bridgehead atoms. The molecule has 1 unspecified atom stereocenters. The summed E-state index contributed by atoms with van der Waals surface area (Å²) in [4.78, 5) is 2.36. The monoisotopic (exact) mass is 294 g/mol. The van der Waals surface area contributed by atoms with Gasteiger partial charge >= 0.3 is 0 Å². The molecule has 0 aromatic heterocycles. The van der Waals surface area contributed by atoms with Crippen molar-refractivity contribution in [2.75, 3.05) is 20.1 Å². The predicted molar refractivity (Wildman–Crippen MR) is 93.2 cm³/mol. The fourth-order valence-electron chi connectivity index (χ4n) is 3.96. The van der Waals surface area contributed by atoms with E-state index in [0.29, 0.717) is 12.0 Å². The van der Waals surface area contributed by atoms with Gasteiger partial charge in [-0.1, -0.05) is 60.7 Å². The topological polar surface area (TPSA) is 15.3 Å². The van der Waals surface area contributed by atoms with E-state index in [9.17, 15) is 0 Å². The number of nitrogens with one attached hydrogen (secondary N) is 1. The second kappa shape index (κ2) is 6.23. The fraction of sp³-hybridized carbons (Fsp3) is 0.400. The first kappa shape index (κ1) is 15.3. The number of hydrogen-bond donors (Lipinski definition) is 1. The largest absolute Gasteiger partial charge is 0.306 e. The number of rotatable bonds is 5. The summed E-state index contributed by atoms with van der Waals surface area (Å²) >= 11 is 0. The van der Waals surface area contributed by atoms with Crippen LogP contribution in [0.1, 0.15) is 30.9 Å². The van der Waals surface area contributed by atoms with E-state index in [1.54, 1.807) is 0 Å². The van der Waals surface area contributed by atoms with Crippen LogP contribution in [0.15, 0.2) is 60.7 Å². The Morgan fingerprint density at radius 3 is 1.77 bits per heavy atom. The fourth-order valence-corrected chi connectivity index (χ4v) is 3.96. The van der Waals surface area contributed by atoms with Crippen LogP contribution in [0, 0.1) is 0 Å². The molecule has 1 atom stereocenters. The predicted octanol–water partition coefficient (Wildman–Crippen LogP) is 3.50. The third kappa shape index (κ3) is 3.23. The smallest absolute Gasteiger partial charge is 0.0410 e. The van der Waals surface area contributed by atoms with E-state index in [4.69, 9.17) is 0 Å². The van der Waals surface area contributed by atoms with Gasteiger partial charge in [0.1, 0.15) is 0 Å². The van der Waals surface area contributed by atoms with Gasteiger partial charge in [-0.3, -0.25) is 0 Å². The van der Waals surface area contributed by atoms with Crippen molar-refractivity contribution in [3.05, 3.63) is 71.8 Å². The number of benzene rings is 2. The molecule has 2 aromatic carbocycles. The van der Waals surface area contributed by atoms with E-state index in [-0.39, 0.29) is 5.54 Å². The summed E-state index contributed by atoms with van der Waals surface area (Å²) < 4.78 is 0. The minimum Gasteiger partial charge on any atom is -0.306 e. The van der Waals surface area contributed by atoms with Gasteiger partial charge in [-0.05, 0) is 32.0 Å². The normalized spacial score (nSPS) is 18.9. The lowest BCUT2D eigenvalue weighted by Crippen LogP contribution is -2.68. The maximum absolute atomic E-state index is 3.88. The second-order valence-corrected chi connectivity index (χ2v) is 6.97. The van der Waals surface area contributed by atoms with Crippen LogP contribution in [-0.4, -0.2) is 36.6 Å². The molecule has 2 aromatic rings. The van der Waals surface area contributed by atoms with Crippen molar-refractivity contribution >= 4 is 0 Å². The lowest BCUT2D eigenvalue weighted by Gasteiger charge is -2.49. The molecule has 1 fully saturated rings. The zero-order valence-electron chi connectivity index (χ0n) is 13.8. The van der Waals surface area contributed by atoms with Gasteiger partial charge < -0.3 is 10.2 Å². The van der Waals surface area contributed by atoms with Crippen LogP contribution in [0.3, 0.4) is 0 Å². The average molecular weight is 294 g/mol. The zero-order chi connectivity index (χ0) is 15.6. The van der Waals surface area contributed by atoms with E-state index in [0.717, 1.165) is 13.1 Å². The summed E-state index contributed by atoms with van der Waals surface area (Å²) in [5.41, 5.74) is 2.99. The summed E-state index contributed by atoms with van der Waals surface area (Å²) in [6.45, 7) is 6.88. The van der Waals surface area contributed by atoms with Gasteiger partial charge in [0.2, 0.25) is 0 Å². The van der Waals surface area contributed by atoms with Gasteiger partial charge in [-0.15, -0.1) is 0 Å². The van der Waals surface area contributed by atoms with Crippen molar-refractivity contribution in [3.8, 4) is 0 Å². The molecule has 2 nitrogen and oxygen atoms in total. The Balaban J connectivity index is 1.86. The minimum atomic E-state index is 0.232. The Morgan fingerprint density at radius 1 is 0.909 bits per heavy atom. The number of nitrogens with zero attached hydrogens (tertiary/aromatic N) is 1. The van der Waals surface area contributed by atoms with Crippen LogP contribution >= 0.6 is 0 Å². The van der Waals surface area contributed by atoms with Crippen LogP contribution in [0.2, 0.25) is 0 Å². The van der Waals surface area contributed by atoms with Gasteiger partial charge in [-0.2, -0.15) is 0 Å². The standard InChI is InChI=1S/C20H26N2/c1-16(21-20(2)14-22(3)15-20)19(17-10-6-4-7-11-17)18-12-8-5-9-13-18/h4-13,16,19,21H,14-15H2,1-3H3. The molecule has 0 radical (unpaired) electrons. The van der Waals surface area contributed by atoms with Crippen LogP contribution in [0.5, 0.6) is 0 Å². The molecule has 0 amide bonds. The molecule has 1 N–H and O–H groups in total. The number of hydrogen-bond acceptors (Lipinski definition) is 2. The van der Waals surface area contributed by atoms with Crippen LogP contribution in [0.4, 0.5) is 0 Å². The highest BCUT2D eigenvalue weighted by molar-refractivity contribution is 5.34. The molecule has 3 rings (SSSR count). The highest BCUT2D eigenvalue weighted by Crippen LogP contribution is 2.30. The molecule has 1 saturated heterocycles. The second-order valence-electron chi connectivity index (χ2n) is 6.97. The van der Waals surface area contributed by atoms with Crippen LogP contribution in [0.25, 0.3) is 0 Å². The first-order chi connectivity index (χ1) is 10.6. The van der Waals surface area contributed by atoms with Gasteiger partial charge in [-0.25, -0.2) is 0 Å². The van der Waals surface area contributed by atoms with E-state index >= 15 is 0 Å². The van der Waals surface area contributed by atoms with Gasteiger partial charge in [0.05, 0.1) is 0 Å². The van der Waals surface area contributed by atoms with E-state index in [2.05, 4.69) is 91.8 Å². The summed E-state index contributed by atoms with van der Waals surface area (Å²) in [7, 11) is 2.18. The van der Waals surface area contributed by atoms with E-state index < -0.39 is 0 Å². The SMILES string of the molecule is CC(NC1(C)CN(C)C1)C(c1ccccc1)c1ccccc1. The molecule has 0 spiro atoms. The maximum atomic E-state index is 3.88. The first-order valence-electron chi connectivity index (χ1n) is 8.13. The Kier molecular flexibility index (Phi) is 4.32. The summed E-state index contributed by atoms with van der Waals surface area (Å²) in [6.07, 6.45) is 0. The summed E-state index contributed by atoms with van der Waals surface area (Å²) in [5, 5.41) is 3.88. The van der Waals surface area contributed by atoms with Gasteiger partial charge in [0.15, 0.2) is 0 Å². The Labute approximate surface area is 134 Å². The van der Waals surface area contributed by atoms with Crippen molar-refractivity contribution < 1.29 is 0 Å². The lowest BCUT2D eigenvalue weighted by molar-refractivity contribution is 0.0697. The number of likely N-dealkylation sites (tertiary alicyclic amines) is 1. The van der Waals surface area contributed by atoms with E-state index in [1.165, 1.54) is 11.1 Å². The van der Waals surface area contributed by atoms with Crippen molar-refractivity contribution in [1.82, 2.24) is 10.2 Å². The highest BCUT2D eigenvalue weighted by atomic mass is 15.3. The molecule has 0 saturated carbocycles. The summed E-state index contributed by atoms with van der Waals surface area (Å²) in [5.74, 6) is 0.380. The highest BCUT2D eigenvalue weighted by Gasteiger charge is 2.38. The van der Waals surface area contributed by atoms with Crippen LogP contribution in [-0.2, 0) is 0 Å². The Morgan fingerprint density at radius 2 is 1.36 bits per heavy atom. The molecular weight excluding hydrogens is 268 g/mol. The molecular formula is C20H26N2. The van der Waals surface area contributed by atoms with Crippen molar-refractivity contribution in [2.45, 2.75) is 31.3 Å². The molecule has 1 aliphatic heterocycles. The molecule has 116 valence electrons. The van der Waals surface area contributed by atoms with Crippen molar-refractivity contribution in [3.63, 3.8) is 0 Å². The van der Waals surface area contributed by atoms with Crippen molar-refractivity contribution in [2.24, 2.45) is 0 Å². The zero-order valence-corrected chi connectivity index (χ0v) is 13.8. The quantitative estimate of drug-likeness (QED) is 0.908. The third-order valence-corrected chi connectivity index (χ3v) is 4.63.